The molecule has 4 heteroatoms. The summed E-state index contributed by atoms with van der Waals surface area (Å²) in [5.74, 6) is 6.43. The van der Waals surface area contributed by atoms with Crippen molar-refractivity contribution in [2.75, 3.05) is 0 Å². The zero-order chi connectivity index (χ0) is 7.49. The molecule has 54 valence electrons. The first-order valence-electron chi connectivity index (χ1n) is 2.78. The Hall–Kier alpha value is -0.610. The van der Waals surface area contributed by atoms with Crippen molar-refractivity contribution in [3.63, 3.8) is 0 Å². The van der Waals surface area contributed by atoms with Gasteiger partial charge in [-0.2, -0.15) is 0 Å². The molecule has 0 aromatic rings. The summed E-state index contributed by atoms with van der Waals surface area (Å²) in [5, 5.41) is 0. The normalized spacial score (nSPS) is 11.1. The summed E-state index contributed by atoms with van der Waals surface area (Å²) < 4.78 is 0. The standard InChI is InChI=1S/C5H13N3O/c1-5(2,3)4(9)7-8-6/h6H,8H2,1-3H3,(H,7,9). The minimum atomic E-state index is -0.391. The van der Waals surface area contributed by atoms with Crippen LogP contribution in [0.4, 0.5) is 0 Å². The quantitative estimate of drug-likeness (QED) is 0.283. The van der Waals surface area contributed by atoms with Crippen molar-refractivity contribution in [1.82, 2.24) is 5.43 Å². The molecule has 4 nitrogen and oxygen atoms in total. The van der Waals surface area contributed by atoms with E-state index in [1.165, 1.54) is 0 Å². The number of amides is 1. The lowest BCUT2D eigenvalue weighted by Crippen LogP contribution is -2.88. The molecule has 9 heavy (non-hydrogen) atoms. The van der Waals surface area contributed by atoms with Gasteiger partial charge >= 0.3 is 0 Å². The van der Waals surface area contributed by atoms with E-state index < -0.39 is 5.41 Å². The highest BCUT2D eigenvalue weighted by molar-refractivity contribution is 5.79. The van der Waals surface area contributed by atoms with Gasteiger partial charge in [0.25, 0.3) is 5.91 Å². The Labute approximate surface area is 54.7 Å². The number of rotatable bonds is 1. The van der Waals surface area contributed by atoms with Crippen LogP contribution >= 0.6 is 0 Å². The Morgan fingerprint density at radius 2 is 2.00 bits per heavy atom. The van der Waals surface area contributed by atoms with E-state index >= 15 is 0 Å². The highest BCUT2D eigenvalue weighted by Gasteiger charge is 2.20. The van der Waals surface area contributed by atoms with Gasteiger partial charge in [-0.05, 0) is 0 Å². The van der Waals surface area contributed by atoms with Gasteiger partial charge in [-0.3, -0.25) is 4.79 Å². The topological polar surface area (TPSA) is 69.5 Å². The van der Waals surface area contributed by atoms with Crippen LogP contribution in [0.25, 0.3) is 5.84 Å². The van der Waals surface area contributed by atoms with E-state index in [0.29, 0.717) is 0 Å². The van der Waals surface area contributed by atoms with Gasteiger partial charge in [0, 0.05) is 5.41 Å². The fourth-order valence-electron chi connectivity index (χ4n) is 0.282. The van der Waals surface area contributed by atoms with E-state index in [9.17, 15) is 4.79 Å². The number of quaternary nitrogens is 1. The third-order valence-corrected chi connectivity index (χ3v) is 0.884. The lowest BCUT2D eigenvalue weighted by atomic mass is 9.96. The van der Waals surface area contributed by atoms with Crippen LogP contribution in [0.5, 0.6) is 0 Å². The SMILES string of the molecule is CC(C)(C)C(=O)N[NH2+][NH-]. The molecule has 0 saturated heterocycles. The monoisotopic (exact) mass is 131 g/mol. The van der Waals surface area contributed by atoms with Crippen LogP contribution in [-0.2, 0) is 4.79 Å². The minimum absolute atomic E-state index is 0.127. The fraction of sp³-hybridized carbons (Fsp3) is 0.800. The maximum atomic E-state index is 10.8. The van der Waals surface area contributed by atoms with Gasteiger partial charge in [0.2, 0.25) is 0 Å². The van der Waals surface area contributed by atoms with Crippen molar-refractivity contribution in [2.45, 2.75) is 20.8 Å². The van der Waals surface area contributed by atoms with Crippen LogP contribution in [0.1, 0.15) is 20.8 Å². The molecule has 0 heterocycles. The highest BCUT2D eigenvalue weighted by atomic mass is 16.2. The third kappa shape index (κ3) is 3.05. The van der Waals surface area contributed by atoms with E-state index in [1.807, 2.05) is 0 Å². The average Bonchev–Trinajstić information content (AvgIpc) is 1.64. The number of hydrogen-bond acceptors (Lipinski definition) is 1. The summed E-state index contributed by atoms with van der Waals surface area (Å²) in [6.07, 6.45) is 0. The Balaban J connectivity index is 3.74. The largest absolute Gasteiger partial charge is 0.445 e. The van der Waals surface area contributed by atoms with Crippen LogP contribution < -0.4 is 11.0 Å². The molecule has 0 spiro atoms. The van der Waals surface area contributed by atoms with Crippen molar-refractivity contribution < 1.29 is 10.3 Å². The van der Waals surface area contributed by atoms with Gasteiger partial charge in [0.05, 0.1) is 0 Å². The summed E-state index contributed by atoms with van der Waals surface area (Å²) in [7, 11) is 0. The number of carbonyl (C=O) groups is 1. The van der Waals surface area contributed by atoms with Crippen molar-refractivity contribution in [1.29, 1.82) is 0 Å². The average molecular weight is 131 g/mol. The zero-order valence-corrected chi connectivity index (χ0v) is 5.99. The second kappa shape index (κ2) is 2.80. The lowest BCUT2D eigenvalue weighted by molar-refractivity contribution is -0.637. The molecule has 0 aliphatic heterocycles. The van der Waals surface area contributed by atoms with Crippen molar-refractivity contribution in [3.8, 4) is 0 Å². The van der Waals surface area contributed by atoms with Gasteiger partial charge in [0.15, 0.2) is 0 Å². The van der Waals surface area contributed by atoms with Crippen molar-refractivity contribution >= 4 is 5.91 Å². The van der Waals surface area contributed by atoms with Crippen molar-refractivity contribution in [3.05, 3.63) is 5.84 Å². The van der Waals surface area contributed by atoms with Crippen LogP contribution in [0.15, 0.2) is 0 Å². The molecule has 0 saturated carbocycles. The van der Waals surface area contributed by atoms with Crippen LogP contribution in [0.2, 0.25) is 0 Å². The molecule has 4 N–H and O–H groups in total. The molecule has 0 aliphatic rings. The predicted molar refractivity (Wildman–Crippen MR) is 33.8 cm³/mol. The number of nitrogens with two attached hydrogens (primary N) is 1. The Kier molecular flexibility index (Phi) is 2.61. The molecule has 0 aromatic heterocycles. The van der Waals surface area contributed by atoms with Gasteiger partial charge < -0.3 is 11.4 Å². The van der Waals surface area contributed by atoms with Gasteiger partial charge in [0.1, 0.15) is 0 Å². The molecule has 0 aromatic carbocycles. The molecular formula is C5H13N3O. The molecule has 0 rings (SSSR count). The lowest BCUT2D eigenvalue weighted by Gasteiger charge is -2.15. The molecule has 0 bridgehead atoms. The zero-order valence-electron chi connectivity index (χ0n) is 5.99. The van der Waals surface area contributed by atoms with Crippen LogP contribution in [0, 0.1) is 5.41 Å². The predicted octanol–water partition coefficient (Wildman–Crippen LogP) is -0.406. The van der Waals surface area contributed by atoms with Crippen molar-refractivity contribution in [2.24, 2.45) is 5.41 Å². The van der Waals surface area contributed by atoms with E-state index in [1.54, 1.807) is 20.8 Å². The molecule has 0 radical (unpaired) electrons. The smallest absolute Gasteiger partial charge is 0.269 e. The molecule has 0 aliphatic carbocycles. The molecule has 1 amide bonds. The second-order valence-corrected chi connectivity index (χ2v) is 2.87. The summed E-state index contributed by atoms with van der Waals surface area (Å²) in [6.45, 7) is 5.39. The molecular weight excluding hydrogens is 118 g/mol. The molecule has 0 fully saturated rings. The Morgan fingerprint density at radius 3 is 2.11 bits per heavy atom. The number of nitrogens with one attached hydrogen (secondary N) is 2. The fourth-order valence-corrected chi connectivity index (χ4v) is 0.282. The van der Waals surface area contributed by atoms with Crippen LogP contribution in [-0.4, -0.2) is 5.91 Å². The summed E-state index contributed by atoms with van der Waals surface area (Å²) >= 11 is 0. The van der Waals surface area contributed by atoms with E-state index in [2.05, 4.69) is 5.43 Å². The minimum Gasteiger partial charge on any atom is -0.445 e. The summed E-state index contributed by atoms with van der Waals surface area (Å²) in [6, 6.07) is 0. The first kappa shape index (κ1) is 8.39. The Bertz CT molecular complexity index is 105. The van der Waals surface area contributed by atoms with Crippen LogP contribution in [0.3, 0.4) is 0 Å². The number of carbonyl (C=O) groups excluding carboxylic acids is 1. The van der Waals surface area contributed by atoms with Gasteiger partial charge in [-0.15, -0.1) is 0 Å². The Morgan fingerprint density at radius 1 is 1.56 bits per heavy atom. The van der Waals surface area contributed by atoms with Gasteiger partial charge in [-0.25, -0.2) is 5.43 Å². The summed E-state index contributed by atoms with van der Waals surface area (Å²) in [4.78, 5) is 10.8. The van der Waals surface area contributed by atoms with E-state index in [0.717, 1.165) is 5.53 Å². The van der Waals surface area contributed by atoms with Gasteiger partial charge in [-0.1, -0.05) is 20.8 Å². The van der Waals surface area contributed by atoms with E-state index in [-0.39, 0.29) is 5.91 Å². The maximum absolute atomic E-state index is 10.8. The molecule has 0 unspecified atom stereocenters. The second-order valence-electron chi connectivity index (χ2n) is 2.87. The first-order chi connectivity index (χ1) is 3.98. The maximum Gasteiger partial charge on any atom is 0.269 e. The number of hydrogen-bond donors (Lipinski definition) is 2. The highest BCUT2D eigenvalue weighted by Crippen LogP contribution is 2.10. The van der Waals surface area contributed by atoms with E-state index in [4.69, 9.17) is 5.84 Å². The summed E-state index contributed by atoms with van der Waals surface area (Å²) in [5.41, 5.74) is 2.79. The third-order valence-electron chi connectivity index (χ3n) is 0.884. The first-order valence-corrected chi connectivity index (χ1v) is 2.78. The molecule has 0 atom stereocenters.